The van der Waals surface area contributed by atoms with Crippen LogP contribution in [0, 0.1) is 0 Å². The summed E-state index contributed by atoms with van der Waals surface area (Å²) in [5.41, 5.74) is 1.48. The molecule has 0 saturated carbocycles. The van der Waals surface area contributed by atoms with Crippen molar-refractivity contribution in [2.24, 2.45) is 0 Å². The van der Waals surface area contributed by atoms with Gasteiger partial charge in [0.2, 0.25) is 0 Å². The highest BCUT2D eigenvalue weighted by molar-refractivity contribution is 5.93. The van der Waals surface area contributed by atoms with Gasteiger partial charge in [-0.1, -0.05) is 13.8 Å². The Kier molecular flexibility index (Phi) is 6.33. The molecule has 0 atom stereocenters. The summed E-state index contributed by atoms with van der Waals surface area (Å²) in [5.74, 6) is 0.0111. The van der Waals surface area contributed by atoms with Crippen LogP contribution in [0.15, 0.2) is 18.3 Å². The van der Waals surface area contributed by atoms with Gasteiger partial charge in [-0.15, -0.1) is 0 Å². The molecule has 0 aromatic carbocycles. The van der Waals surface area contributed by atoms with Crippen LogP contribution in [0.5, 0.6) is 0 Å². The molecule has 0 aliphatic rings. The van der Waals surface area contributed by atoms with E-state index in [9.17, 15) is 4.79 Å². The third-order valence-corrected chi connectivity index (χ3v) is 2.91. The van der Waals surface area contributed by atoms with Crippen LogP contribution in [0.25, 0.3) is 0 Å². The second-order valence-corrected chi connectivity index (χ2v) is 4.95. The maximum absolute atomic E-state index is 12.4. The molecular formula is C15H25N3O. The van der Waals surface area contributed by atoms with Crippen molar-refractivity contribution in [3.8, 4) is 0 Å². The van der Waals surface area contributed by atoms with E-state index in [1.165, 1.54) is 0 Å². The minimum Gasteiger partial charge on any atom is -0.385 e. The van der Waals surface area contributed by atoms with Crippen molar-refractivity contribution in [1.29, 1.82) is 0 Å². The van der Waals surface area contributed by atoms with Gasteiger partial charge in [-0.25, -0.2) is 0 Å². The number of carbonyl (C=O) groups is 1. The molecular weight excluding hydrogens is 238 g/mol. The SMILES string of the molecule is CCCNc1ccnc(C(=O)N(CCC)C(C)C)c1. The lowest BCUT2D eigenvalue weighted by Gasteiger charge is -2.26. The quantitative estimate of drug-likeness (QED) is 0.822. The molecule has 1 aromatic heterocycles. The molecule has 0 aliphatic carbocycles. The lowest BCUT2D eigenvalue weighted by atomic mass is 10.2. The van der Waals surface area contributed by atoms with Crippen LogP contribution >= 0.6 is 0 Å². The maximum Gasteiger partial charge on any atom is 0.272 e. The normalized spacial score (nSPS) is 10.6. The maximum atomic E-state index is 12.4. The average molecular weight is 263 g/mol. The Bertz CT molecular complexity index is 404. The molecule has 1 aromatic rings. The van der Waals surface area contributed by atoms with Crippen LogP contribution in [-0.2, 0) is 0 Å². The van der Waals surface area contributed by atoms with Crippen molar-refractivity contribution in [1.82, 2.24) is 9.88 Å². The number of amides is 1. The van der Waals surface area contributed by atoms with Gasteiger partial charge < -0.3 is 10.2 Å². The predicted octanol–water partition coefficient (Wildman–Crippen LogP) is 3.16. The van der Waals surface area contributed by atoms with E-state index >= 15 is 0 Å². The van der Waals surface area contributed by atoms with E-state index in [0.717, 1.165) is 31.6 Å². The molecule has 0 unspecified atom stereocenters. The average Bonchev–Trinajstić information content (AvgIpc) is 2.41. The molecule has 1 rings (SSSR count). The summed E-state index contributed by atoms with van der Waals surface area (Å²) < 4.78 is 0. The molecule has 0 fully saturated rings. The number of rotatable bonds is 7. The van der Waals surface area contributed by atoms with Gasteiger partial charge in [0.05, 0.1) is 0 Å². The number of nitrogens with one attached hydrogen (secondary N) is 1. The van der Waals surface area contributed by atoms with Gasteiger partial charge in [-0.05, 0) is 38.8 Å². The van der Waals surface area contributed by atoms with Crippen LogP contribution in [0.1, 0.15) is 51.0 Å². The summed E-state index contributed by atoms with van der Waals surface area (Å²) in [6, 6.07) is 3.93. The molecule has 1 amide bonds. The summed E-state index contributed by atoms with van der Waals surface area (Å²) in [7, 11) is 0. The largest absolute Gasteiger partial charge is 0.385 e. The first-order chi connectivity index (χ1) is 9.10. The molecule has 4 heteroatoms. The first-order valence-electron chi connectivity index (χ1n) is 7.11. The Balaban J connectivity index is 2.85. The third-order valence-electron chi connectivity index (χ3n) is 2.91. The number of anilines is 1. The van der Waals surface area contributed by atoms with Gasteiger partial charge >= 0.3 is 0 Å². The van der Waals surface area contributed by atoms with Crippen LogP contribution in [0.2, 0.25) is 0 Å². The van der Waals surface area contributed by atoms with E-state index < -0.39 is 0 Å². The highest BCUT2D eigenvalue weighted by Gasteiger charge is 2.19. The van der Waals surface area contributed by atoms with Crippen molar-refractivity contribution in [2.75, 3.05) is 18.4 Å². The molecule has 0 aliphatic heterocycles. The van der Waals surface area contributed by atoms with E-state index in [1.807, 2.05) is 30.9 Å². The topological polar surface area (TPSA) is 45.2 Å². The van der Waals surface area contributed by atoms with Gasteiger partial charge in [-0.3, -0.25) is 9.78 Å². The fourth-order valence-corrected chi connectivity index (χ4v) is 1.91. The summed E-state index contributed by atoms with van der Waals surface area (Å²) in [4.78, 5) is 18.5. The van der Waals surface area contributed by atoms with Crippen LogP contribution in [0.4, 0.5) is 5.69 Å². The van der Waals surface area contributed by atoms with Gasteiger partial charge in [-0.2, -0.15) is 0 Å². The summed E-state index contributed by atoms with van der Waals surface area (Å²) >= 11 is 0. The van der Waals surface area contributed by atoms with Crippen molar-refractivity contribution >= 4 is 11.6 Å². The van der Waals surface area contributed by atoms with Gasteiger partial charge in [0.25, 0.3) is 5.91 Å². The van der Waals surface area contributed by atoms with Crippen LogP contribution in [-0.4, -0.2) is 34.9 Å². The Hall–Kier alpha value is -1.58. The zero-order chi connectivity index (χ0) is 14.3. The molecule has 0 saturated heterocycles. The number of hydrogen-bond donors (Lipinski definition) is 1. The predicted molar refractivity (Wildman–Crippen MR) is 79.5 cm³/mol. The molecule has 0 bridgehead atoms. The molecule has 0 radical (unpaired) electrons. The Labute approximate surface area is 116 Å². The fraction of sp³-hybridized carbons (Fsp3) is 0.600. The van der Waals surface area contributed by atoms with Gasteiger partial charge in [0.1, 0.15) is 5.69 Å². The third kappa shape index (κ3) is 4.54. The van der Waals surface area contributed by atoms with E-state index in [2.05, 4.69) is 24.1 Å². The lowest BCUT2D eigenvalue weighted by molar-refractivity contribution is 0.0700. The van der Waals surface area contributed by atoms with Crippen LogP contribution in [0.3, 0.4) is 0 Å². The number of pyridine rings is 1. The molecule has 106 valence electrons. The second-order valence-electron chi connectivity index (χ2n) is 4.95. The number of hydrogen-bond acceptors (Lipinski definition) is 3. The number of nitrogens with zero attached hydrogens (tertiary/aromatic N) is 2. The molecule has 0 spiro atoms. The van der Waals surface area contributed by atoms with E-state index in [0.29, 0.717) is 5.69 Å². The zero-order valence-electron chi connectivity index (χ0n) is 12.4. The minimum atomic E-state index is 0.0111. The van der Waals surface area contributed by atoms with Gasteiger partial charge in [0, 0.05) is 31.0 Å². The second kappa shape index (κ2) is 7.77. The van der Waals surface area contributed by atoms with E-state index in [1.54, 1.807) is 6.20 Å². The first kappa shape index (κ1) is 15.5. The minimum absolute atomic E-state index is 0.0111. The first-order valence-corrected chi connectivity index (χ1v) is 7.11. The monoisotopic (exact) mass is 263 g/mol. The summed E-state index contributed by atoms with van der Waals surface area (Å²) in [6.45, 7) is 9.93. The van der Waals surface area contributed by atoms with Crippen LogP contribution < -0.4 is 5.32 Å². The van der Waals surface area contributed by atoms with Crippen molar-refractivity contribution in [3.05, 3.63) is 24.0 Å². The van der Waals surface area contributed by atoms with E-state index in [-0.39, 0.29) is 11.9 Å². The van der Waals surface area contributed by atoms with E-state index in [4.69, 9.17) is 0 Å². The molecule has 4 nitrogen and oxygen atoms in total. The number of aromatic nitrogens is 1. The van der Waals surface area contributed by atoms with Gasteiger partial charge in [0.15, 0.2) is 0 Å². The highest BCUT2D eigenvalue weighted by atomic mass is 16.2. The number of carbonyl (C=O) groups excluding carboxylic acids is 1. The lowest BCUT2D eigenvalue weighted by Crippen LogP contribution is -2.38. The fourth-order valence-electron chi connectivity index (χ4n) is 1.91. The Morgan fingerprint density at radius 1 is 1.37 bits per heavy atom. The van der Waals surface area contributed by atoms with Crippen molar-refractivity contribution in [2.45, 2.75) is 46.6 Å². The Morgan fingerprint density at radius 2 is 2.11 bits per heavy atom. The highest BCUT2D eigenvalue weighted by Crippen LogP contribution is 2.12. The summed E-state index contributed by atoms with van der Waals surface area (Å²) in [6.07, 6.45) is 3.70. The standard InChI is InChI=1S/C15H25N3O/c1-5-8-16-13-7-9-17-14(11-13)15(19)18(10-6-2)12(3)4/h7,9,11-12H,5-6,8,10H2,1-4H3,(H,16,17). The Morgan fingerprint density at radius 3 is 2.68 bits per heavy atom. The smallest absolute Gasteiger partial charge is 0.272 e. The molecule has 1 N–H and O–H groups in total. The molecule has 1 heterocycles. The zero-order valence-corrected chi connectivity index (χ0v) is 12.4. The van der Waals surface area contributed by atoms with Crippen molar-refractivity contribution in [3.63, 3.8) is 0 Å². The molecule has 19 heavy (non-hydrogen) atoms. The van der Waals surface area contributed by atoms with Crippen molar-refractivity contribution < 1.29 is 4.79 Å². The summed E-state index contributed by atoms with van der Waals surface area (Å²) in [5, 5.41) is 3.28.